The third-order valence-corrected chi connectivity index (χ3v) is 5.83. The molecule has 0 bridgehead atoms. The van der Waals surface area contributed by atoms with Gasteiger partial charge in [0.15, 0.2) is 5.78 Å². The van der Waals surface area contributed by atoms with Gasteiger partial charge in [-0.05, 0) is 75.7 Å². The van der Waals surface area contributed by atoms with Crippen LogP contribution in [0.1, 0.15) is 50.5 Å². The number of halogens is 2. The number of benzene rings is 2. The number of Topliss-reactive ketones (excluding diaryl/α,β-unsaturated/α-hetero) is 1. The Bertz CT molecular complexity index is 1350. The molecule has 7 nitrogen and oxygen atoms in total. The fourth-order valence-corrected chi connectivity index (χ4v) is 4.00. The first-order valence-electron chi connectivity index (χ1n) is 11.7. The summed E-state index contributed by atoms with van der Waals surface area (Å²) in [6, 6.07) is 10.5. The van der Waals surface area contributed by atoms with E-state index in [4.69, 9.17) is 21.1 Å². The maximum absolute atomic E-state index is 13.4. The van der Waals surface area contributed by atoms with Crippen LogP contribution in [0.25, 0.3) is 11.1 Å². The third-order valence-electron chi connectivity index (χ3n) is 5.59. The monoisotopic (exact) mass is 528 g/mol. The SMILES string of the molecule is COc1cn(C(CCOC(C)(C)C)C(=O)Nc2ccc(F)cc2)c(=O)cc1-c1cc(Cl)ccc1C(C)=O. The van der Waals surface area contributed by atoms with Crippen molar-refractivity contribution in [1.29, 1.82) is 0 Å². The van der Waals surface area contributed by atoms with E-state index >= 15 is 0 Å². The lowest BCUT2D eigenvalue weighted by molar-refractivity contribution is -0.120. The number of nitrogens with zero attached hydrogens (tertiary/aromatic N) is 1. The average Bonchev–Trinajstić information content (AvgIpc) is 2.82. The number of amides is 1. The highest BCUT2D eigenvalue weighted by atomic mass is 35.5. The lowest BCUT2D eigenvalue weighted by Gasteiger charge is -2.24. The van der Waals surface area contributed by atoms with Gasteiger partial charge >= 0.3 is 0 Å². The smallest absolute Gasteiger partial charge is 0.252 e. The minimum Gasteiger partial charge on any atom is -0.495 e. The number of hydrogen-bond donors (Lipinski definition) is 1. The number of ketones is 1. The average molecular weight is 529 g/mol. The minimum atomic E-state index is -0.963. The van der Waals surface area contributed by atoms with Crippen LogP contribution in [-0.4, -0.2) is 35.6 Å². The van der Waals surface area contributed by atoms with Crippen LogP contribution in [0.15, 0.2) is 59.5 Å². The van der Waals surface area contributed by atoms with E-state index in [0.29, 0.717) is 27.4 Å². The Kier molecular flexibility index (Phi) is 8.89. The van der Waals surface area contributed by atoms with E-state index in [2.05, 4.69) is 5.32 Å². The molecule has 1 unspecified atom stereocenters. The number of ether oxygens (including phenoxy) is 2. The van der Waals surface area contributed by atoms with Gasteiger partial charge in [0.05, 0.1) is 18.9 Å². The van der Waals surface area contributed by atoms with Gasteiger partial charge in [-0.3, -0.25) is 19.0 Å². The second-order valence-electron chi connectivity index (χ2n) is 9.51. The fraction of sp³-hybridized carbons (Fsp3) is 0.321. The highest BCUT2D eigenvalue weighted by Crippen LogP contribution is 2.34. The van der Waals surface area contributed by atoms with Crippen molar-refractivity contribution in [2.75, 3.05) is 19.0 Å². The van der Waals surface area contributed by atoms with Crippen molar-refractivity contribution in [3.63, 3.8) is 0 Å². The van der Waals surface area contributed by atoms with Gasteiger partial charge in [-0.1, -0.05) is 11.6 Å². The van der Waals surface area contributed by atoms with Crippen molar-refractivity contribution in [3.05, 3.63) is 81.5 Å². The predicted molar refractivity (Wildman–Crippen MR) is 142 cm³/mol. The largest absolute Gasteiger partial charge is 0.495 e. The zero-order valence-electron chi connectivity index (χ0n) is 21.4. The van der Waals surface area contributed by atoms with Crippen molar-refractivity contribution in [1.82, 2.24) is 4.57 Å². The number of aromatic nitrogens is 1. The molecule has 3 rings (SSSR count). The normalized spacial score (nSPS) is 12.2. The second-order valence-corrected chi connectivity index (χ2v) is 9.94. The Hall–Kier alpha value is -3.49. The maximum atomic E-state index is 13.4. The molecule has 9 heteroatoms. The molecule has 0 saturated carbocycles. The molecular weight excluding hydrogens is 499 g/mol. The molecule has 0 radical (unpaired) electrons. The van der Waals surface area contributed by atoms with E-state index in [1.54, 1.807) is 18.2 Å². The lowest BCUT2D eigenvalue weighted by atomic mass is 9.97. The summed E-state index contributed by atoms with van der Waals surface area (Å²) in [7, 11) is 1.43. The van der Waals surface area contributed by atoms with Crippen molar-refractivity contribution in [3.8, 4) is 16.9 Å². The van der Waals surface area contributed by atoms with Crippen molar-refractivity contribution < 1.29 is 23.5 Å². The summed E-state index contributed by atoms with van der Waals surface area (Å²) < 4.78 is 26.0. The van der Waals surface area contributed by atoms with Crippen molar-refractivity contribution in [2.24, 2.45) is 0 Å². The summed E-state index contributed by atoms with van der Waals surface area (Å²) in [4.78, 5) is 38.9. The molecule has 0 spiro atoms. The van der Waals surface area contributed by atoms with Gasteiger partial charge in [0.1, 0.15) is 17.6 Å². The number of methoxy groups -OCH3 is 1. The third kappa shape index (κ3) is 7.27. The van der Waals surface area contributed by atoms with Crippen molar-refractivity contribution in [2.45, 2.75) is 45.8 Å². The number of nitrogens with one attached hydrogen (secondary N) is 1. The molecular formula is C28H30ClFN2O5. The van der Waals surface area contributed by atoms with Gasteiger partial charge in [0.2, 0.25) is 5.91 Å². The Morgan fingerprint density at radius 3 is 2.35 bits per heavy atom. The molecule has 2 aromatic carbocycles. The van der Waals surface area contributed by atoms with Crippen molar-refractivity contribution >= 4 is 29.0 Å². The first-order chi connectivity index (χ1) is 17.4. The summed E-state index contributed by atoms with van der Waals surface area (Å²) in [6.07, 6.45) is 1.62. The highest BCUT2D eigenvalue weighted by molar-refractivity contribution is 6.31. The Morgan fingerprint density at radius 1 is 1.08 bits per heavy atom. The zero-order valence-corrected chi connectivity index (χ0v) is 22.2. The van der Waals surface area contributed by atoms with Gasteiger partial charge in [-0.2, -0.15) is 0 Å². The molecule has 1 amide bonds. The summed E-state index contributed by atoms with van der Waals surface area (Å²) in [6.45, 7) is 7.29. The van der Waals surface area contributed by atoms with Gasteiger partial charge in [-0.25, -0.2) is 4.39 Å². The van der Waals surface area contributed by atoms with Crippen LogP contribution in [0, 0.1) is 5.82 Å². The molecule has 0 aliphatic heterocycles. The van der Waals surface area contributed by atoms with Crippen LogP contribution >= 0.6 is 11.6 Å². The van der Waals surface area contributed by atoms with Gasteiger partial charge < -0.3 is 14.8 Å². The van der Waals surface area contributed by atoms with Crippen LogP contribution in [0.5, 0.6) is 5.75 Å². The van der Waals surface area contributed by atoms with Crippen LogP contribution in [0.3, 0.4) is 0 Å². The number of pyridine rings is 1. The second kappa shape index (κ2) is 11.7. The molecule has 0 aliphatic carbocycles. The van der Waals surface area contributed by atoms with Crippen LogP contribution < -0.4 is 15.6 Å². The summed E-state index contributed by atoms with van der Waals surface area (Å²) >= 11 is 6.19. The van der Waals surface area contributed by atoms with Crippen LogP contribution in [-0.2, 0) is 9.53 Å². The van der Waals surface area contributed by atoms with E-state index < -0.39 is 28.9 Å². The quantitative estimate of drug-likeness (QED) is 0.349. The Balaban J connectivity index is 2.07. The molecule has 0 aliphatic rings. The predicted octanol–water partition coefficient (Wildman–Crippen LogP) is 5.90. The van der Waals surface area contributed by atoms with Crippen LogP contribution in [0.2, 0.25) is 5.02 Å². The number of hydrogen-bond acceptors (Lipinski definition) is 5. The molecule has 37 heavy (non-hydrogen) atoms. The molecule has 1 heterocycles. The first-order valence-corrected chi connectivity index (χ1v) is 12.1. The van der Waals surface area contributed by atoms with E-state index in [0.717, 1.165) is 0 Å². The number of rotatable bonds is 9. The van der Waals surface area contributed by atoms with Crippen LogP contribution in [0.4, 0.5) is 10.1 Å². The lowest BCUT2D eigenvalue weighted by Crippen LogP contribution is -2.34. The molecule has 196 valence electrons. The van der Waals surface area contributed by atoms with E-state index in [9.17, 15) is 18.8 Å². The number of anilines is 1. The Morgan fingerprint density at radius 2 is 1.76 bits per heavy atom. The summed E-state index contributed by atoms with van der Waals surface area (Å²) in [5.74, 6) is -0.835. The van der Waals surface area contributed by atoms with Gasteiger partial charge in [0.25, 0.3) is 5.56 Å². The maximum Gasteiger partial charge on any atom is 0.252 e. The standard InChI is InChI=1S/C28H30ClFN2O5/c1-17(33)21-11-6-18(29)14-22(21)23-15-26(34)32(16-25(23)36-5)24(12-13-37-28(2,3)4)27(35)31-20-9-7-19(30)8-10-20/h6-11,14-16,24H,12-13H2,1-5H3,(H,31,35). The van der Waals surface area contributed by atoms with Gasteiger partial charge in [0, 0.05) is 40.9 Å². The minimum absolute atomic E-state index is 0.183. The molecule has 1 N–H and O–H groups in total. The molecule has 1 aromatic heterocycles. The number of carbonyl (C=O) groups excluding carboxylic acids is 2. The fourth-order valence-electron chi connectivity index (χ4n) is 3.82. The topological polar surface area (TPSA) is 86.6 Å². The Labute approximate surface area is 220 Å². The highest BCUT2D eigenvalue weighted by Gasteiger charge is 2.25. The van der Waals surface area contributed by atoms with E-state index in [-0.39, 0.29) is 24.6 Å². The first kappa shape index (κ1) is 28.1. The molecule has 3 aromatic rings. The molecule has 0 saturated heterocycles. The summed E-state index contributed by atoms with van der Waals surface area (Å²) in [5.41, 5.74) is 0.656. The van der Waals surface area contributed by atoms with E-state index in [1.165, 1.54) is 55.1 Å². The molecule has 0 fully saturated rings. The summed E-state index contributed by atoms with van der Waals surface area (Å²) in [5, 5.41) is 3.12. The van der Waals surface area contributed by atoms with E-state index in [1.807, 2.05) is 20.8 Å². The molecule has 1 atom stereocenters. The number of carbonyl (C=O) groups is 2. The zero-order chi connectivity index (χ0) is 27.3. The van der Waals surface area contributed by atoms with Gasteiger partial charge in [-0.15, -0.1) is 0 Å².